The molecule has 2 aliphatic rings. The van der Waals surface area contributed by atoms with E-state index in [1.807, 2.05) is 36.2 Å². The van der Waals surface area contributed by atoms with Crippen LogP contribution in [0.4, 0.5) is 5.69 Å². The second-order valence-electron chi connectivity index (χ2n) is 8.91. The van der Waals surface area contributed by atoms with Gasteiger partial charge in [0.15, 0.2) is 12.4 Å². The molecule has 33 heavy (non-hydrogen) atoms. The normalized spacial score (nSPS) is 19.0. The zero-order valence-electron chi connectivity index (χ0n) is 19.1. The van der Waals surface area contributed by atoms with Gasteiger partial charge in [-0.05, 0) is 48.7 Å². The first-order chi connectivity index (χ1) is 15.6. The van der Waals surface area contributed by atoms with Crippen LogP contribution in [0, 0.1) is 0 Å². The molecule has 1 saturated heterocycles. The van der Waals surface area contributed by atoms with Gasteiger partial charge in [-0.1, -0.05) is 32.0 Å². The smallest absolute Gasteiger partial charge is 0.338 e. The fourth-order valence-electron chi connectivity index (χ4n) is 4.51. The predicted octanol–water partition coefficient (Wildman–Crippen LogP) is 3.51. The molecule has 0 spiro atoms. The maximum Gasteiger partial charge on any atom is 0.338 e. The van der Waals surface area contributed by atoms with Crippen molar-refractivity contribution < 1.29 is 22.7 Å². The number of para-hydroxylation sites is 1. The number of hydrogen-bond donors (Lipinski definition) is 0. The van der Waals surface area contributed by atoms with Crippen LogP contribution in [0.3, 0.4) is 0 Å². The van der Waals surface area contributed by atoms with Crippen LogP contribution < -0.4 is 4.90 Å². The third kappa shape index (κ3) is 4.32. The molecule has 0 radical (unpaired) electrons. The van der Waals surface area contributed by atoms with Crippen molar-refractivity contribution in [2.24, 2.45) is 0 Å². The molecule has 0 N–H and O–H groups in total. The Balaban J connectivity index is 1.40. The molecule has 0 unspecified atom stereocenters. The molecule has 174 valence electrons. The van der Waals surface area contributed by atoms with Gasteiger partial charge >= 0.3 is 5.97 Å². The van der Waals surface area contributed by atoms with Crippen LogP contribution in [0.5, 0.6) is 0 Å². The summed E-state index contributed by atoms with van der Waals surface area (Å²) < 4.78 is 31.9. The summed E-state index contributed by atoms with van der Waals surface area (Å²) in [5, 5.41) is 0. The molecule has 0 bridgehead atoms. The van der Waals surface area contributed by atoms with E-state index in [-0.39, 0.29) is 21.7 Å². The van der Waals surface area contributed by atoms with E-state index in [2.05, 4.69) is 13.8 Å². The van der Waals surface area contributed by atoms with Gasteiger partial charge in [0.2, 0.25) is 10.0 Å². The van der Waals surface area contributed by atoms with E-state index in [4.69, 9.17) is 4.74 Å². The number of sulfonamides is 1. The molecule has 0 aromatic heterocycles. The zero-order chi connectivity index (χ0) is 23.8. The molecular weight excluding hydrogens is 440 g/mol. The number of carbonyl (C=O) groups excluding carboxylic acids is 2. The fraction of sp³-hybridized carbons (Fsp3) is 0.360. The Morgan fingerprint density at radius 3 is 2.30 bits per heavy atom. The molecular formula is C25H28N2O5S. The lowest BCUT2D eigenvalue weighted by atomic mass is 9.83. The number of benzene rings is 2. The van der Waals surface area contributed by atoms with Gasteiger partial charge in [0, 0.05) is 43.0 Å². The standard InChI is InChI=1S/C25H28N2O5S/c1-25(2)21-8-4-5-9-22(21)26(3)23(25)16-19(28)17-32-24(29)18-10-12-20(13-11-18)33(30,31)27-14-6-7-15-27/h4-5,8-13,16H,6-7,14-15,17H2,1-3H3/b23-16-. The van der Waals surface area contributed by atoms with Crippen molar-refractivity contribution in [3.8, 4) is 0 Å². The molecule has 0 atom stereocenters. The maximum atomic E-state index is 12.6. The van der Waals surface area contributed by atoms with Crippen molar-refractivity contribution >= 4 is 27.5 Å². The number of esters is 1. The first kappa shape index (κ1) is 23.2. The predicted molar refractivity (Wildman–Crippen MR) is 126 cm³/mol. The molecule has 0 aliphatic carbocycles. The van der Waals surface area contributed by atoms with Gasteiger partial charge in [-0.15, -0.1) is 0 Å². The van der Waals surface area contributed by atoms with E-state index in [0.717, 1.165) is 29.8 Å². The summed E-state index contributed by atoms with van der Waals surface area (Å²) in [6, 6.07) is 13.6. The number of allylic oxidation sites excluding steroid dienone is 1. The fourth-order valence-corrected chi connectivity index (χ4v) is 6.03. The summed E-state index contributed by atoms with van der Waals surface area (Å²) in [6.07, 6.45) is 3.23. The Kier molecular flexibility index (Phi) is 6.16. The van der Waals surface area contributed by atoms with Crippen molar-refractivity contribution in [3.05, 3.63) is 71.4 Å². The third-order valence-electron chi connectivity index (χ3n) is 6.38. The average Bonchev–Trinajstić information content (AvgIpc) is 3.41. The number of fused-ring (bicyclic) bond motifs is 1. The summed E-state index contributed by atoms with van der Waals surface area (Å²) in [5.74, 6) is -0.992. The van der Waals surface area contributed by atoms with Gasteiger partial charge in [0.1, 0.15) is 0 Å². The molecule has 2 aliphatic heterocycles. The number of hydrogen-bond acceptors (Lipinski definition) is 6. The Hall–Kier alpha value is -2.97. The molecule has 1 fully saturated rings. The van der Waals surface area contributed by atoms with Crippen LogP contribution in [-0.4, -0.2) is 51.2 Å². The number of carbonyl (C=O) groups is 2. The highest BCUT2D eigenvalue weighted by atomic mass is 32.2. The molecule has 2 heterocycles. The Bertz CT molecular complexity index is 1210. The van der Waals surface area contributed by atoms with Crippen LogP contribution in [0.25, 0.3) is 0 Å². The SMILES string of the molecule is CN1/C(=C\C(=O)COC(=O)c2ccc(S(=O)(=O)N3CCCC3)cc2)C(C)(C)c2ccccc21. The summed E-state index contributed by atoms with van der Waals surface area (Å²) in [6.45, 7) is 4.74. The zero-order valence-corrected chi connectivity index (χ0v) is 19.9. The van der Waals surface area contributed by atoms with E-state index in [1.54, 1.807) is 0 Å². The maximum absolute atomic E-state index is 12.6. The monoisotopic (exact) mass is 468 g/mol. The lowest BCUT2D eigenvalue weighted by molar-refractivity contribution is -0.117. The number of likely N-dealkylation sites (N-methyl/N-ethyl adjacent to an activating group) is 1. The highest BCUT2D eigenvalue weighted by molar-refractivity contribution is 7.89. The number of anilines is 1. The van der Waals surface area contributed by atoms with Crippen LogP contribution in [0.1, 0.15) is 42.6 Å². The Morgan fingerprint density at radius 1 is 1.03 bits per heavy atom. The van der Waals surface area contributed by atoms with E-state index in [9.17, 15) is 18.0 Å². The second kappa shape index (κ2) is 8.76. The number of ketones is 1. The topological polar surface area (TPSA) is 84.0 Å². The van der Waals surface area contributed by atoms with E-state index in [0.29, 0.717) is 13.1 Å². The summed E-state index contributed by atoms with van der Waals surface area (Å²) >= 11 is 0. The number of ether oxygens (including phenoxy) is 1. The minimum absolute atomic E-state index is 0.146. The molecule has 8 heteroatoms. The minimum Gasteiger partial charge on any atom is -0.454 e. The van der Waals surface area contributed by atoms with Crippen molar-refractivity contribution in [1.29, 1.82) is 0 Å². The average molecular weight is 469 g/mol. The van der Waals surface area contributed by atoms with Crippen molar-refractivity contribution in [3.63, 3.8) is 0 Å². The molecule has 7 nitrogen and oxygen atoms in total. The largest absolute Gasteiger partial charge is 0.454 e. The van der Waals surface area contributed by atoms with Crippen LogP contribution in [0.15, 0.2) is 65.2 Å². The summed E-state index contributed by atoms with van der Waals surface area (Å²) in [5.41, 5.74) is 2.86. The molecule has 0 amide bonds. The Morgan fingerprint density at radius 2 is 1.67 bits per heavy atom. The first-order valence-electron chi connectivity index (χ1n) is 11.0. The molecule has 2 aromatic carbocycles. The van der Waals surface area contributed by atoms with Crippen LogP contribution in [-0.2, 0) is 25.0 Å². The highest BCUT2D eigenvalue weighted by Crippen LogP contribution is 2.46. The third-order valence-corrected chi connectivity index (χ3v) is 8.29. The lowest BCUT2D eigenvalue weighted by Gasteiger charge is -2.23. The van der Waals surface area contributed by atoms with Gasteiger partial charge < -0.3 is 9.64 Å². The second-order valence-corrected chi connectivity index (χ2v) is 10.8. The molecule has 0 saturated carbocycles. The van der Waals surface area contributed by atoms with Gasteiger partial charge in [-0.3, -0.25) is 4.79 Å². The van der Waals surface area contributed by atoms with E-state index >= 15 is 0 Å². The van der Waals surface area contributed by atoms with Crippen LogP contribution >= 0.6 is 0 Å². The van der Waals surface area contributed by atoms with Gasteiger partial charge in [0.25, 0.3) is 0 Å². The first-order valence-corrected chi connectivity index (χ1v) is 12.4. The van der Waals surface area contributed by atoms with Gasteiger partial charge in [-0.25, -0.2) is 13.2 Å². The Labute approximate surface area is 194 Å². The van der Waals surface area contributed by atoms with Crippen molar-refractivity contribution in [1.82, 2.24) is 4.31 Å². The van der Waals surface area contributed by atoms with Crippen molar-refractivity contribution in [2.75, 3.05) is 31.6 Å². The van der Waals surface area contributed by atoms with Crippen molar-refractivity contribution in [2.45, 2.75) is 37.0 Å². The molecule has 4 rings (SSSR count). The van der Waals surface area contributed by atoms with E-state index in [1.165, 1.54) is 34.6 Å². The summed E-state index contributed by atoms with van der Waals surface area (Å²) in [4.78, 5) is 27.1. The van der Waals surface area contributed by atoms with E-state index < -0.39 is 22.6 Å². The molecule has 2 aromatic rings. The lowest BCUT2D eigenvalue weighted by Crippen LogP contribution is -2.27. The highest BCUT2D eigenvalue weighted by Gasteiger charge is 2.38. The number of rotatable bonds is 6. The number of nitrogens with zero attached hydrogens (tertiary/aromatic N) is 2. The van der Waals surface area contributed by atoms with Crippen LogP contribution in [0.2, 0.25) is 0 Å². The summed E-state index contributed by atoms with van der Waals surface area (Å²) in [7, 11) is -1.63. The minimum atomic E-state index is -3.54. The van der Waals surface area contributed by atoms with Gasteiger partial charge in [0.05, 0.1) is 10.5 Å². The quantitative estimate of drug-likeness (QED) is 0.477. The van der Waals surface area contributed by atoms with Gasteiger partial charge in [-0.2, -0.15) is 4.31 Å².